The third-order valence-electron chi connectivity index (χ3n) is 3.66. The van der Waals surface area contributed by atoms with Crippen molar-refractivity contribution in [3.05, 3.63) is 34.6 Å². The highest BCUT2D eigenvalue weighted by molar-refractivity contribution is 6.30. The van der Waals surface area contributed by atoms with Crippen LogP contribution < -0.4 is 5.32 Å². The Hall–Kier alpha value is -1.33. The lowest BCUT2D eigenvalue weighted by molar-refractivity contribution is 0.178. The molecule has 0 spiro atoms. The van der Waals surface area contributed by atoms with Gasteiger partial charge in [-0.1, -0.05) is 17.7 Å². The summed E-state index contributed by atoms with van der Waals surface area (Å²) in [6.07, 6.45) is 0. The van der Waals surface area contributed by atoms with Crippen LogP contribution in [0.5, 0.6) is 0 Å². The average Bonchev–Trinajstić information content (AvgIpc) is 2.72. The van der Waals surface area contributed by atoms with Gasteiger partial charge in [0.05, 0.1) is 11.1 Å². The number of rotatable bonds is 2. The van der Waals surface area contributed by atoms with Crippen LogP contribution in [-0.2, 0) is 6.54 Å². The fourth-order valence-electron chi connectivity index (χ4n) is 2.68. The van der Waals surface area contributed by atoms with Gasteiger partial charge >= 0.3 is 6.03 Å². The first-order chi connectivity index (χ1) is 9.15. The molecule has 2 aliphatic heterocycles. The molecule has 2 fully saturated rings. The third-order valence-corrected chi connectivity index (χ3v) is 3.94. The molecule has 6 heteroatoms. The summed E-state index contributed by atoms with van der Waals surface area (Å²) in [6.45, 7) is 3.63. The number of hydrogen-bond acceptors (Lipinski definition) is 2. The Kier molecular flexibility index (Phi) is 3.33. The molecule has 0 saturated carbocycles. The van der Waals surface area contributed by atoms with Crippen molar-refractivity contribution in [1.29, 1.82) is 0 Å². The standard InChI is InChI=1S/C13H15ClFN3O/c14-11-5-9(1-2-12(11)15)7-17-8-10-6-16-3-4-18(10)13(17)19/h1-2,5,10,16H,3-4,6-8H2. The molecule has 2 aliphatic rings. The third kappa shape index (κ3) is 2.40. The van der Waals surface area contributed by atoms with Crippen molar-refractivity contribution in [1.82, 2.24) is 15.1 Å². The summed E-state index contributed by atoms with van der Waals surface area (Å²) in [6, 6.07) is 4.90. The highest BCUT2D eigenvalue weighted by atomic mass is 35.5. The predicted octanol–water partition coefficient (Wildman–Crippen LogP) is 1.69. The van der Waals surface area contributed by atoms with Crippen molar-refractivity contribution in [2.45, 2.75) is 12.6 Å². The van der Waals surface area contributed by atoms with Gasteiger partial charge in [0.2, 0.25) is 0 Å². The number of carbonyl (C=O) groups excluding carboxylic acids is 1. The molecule has 2 saturated heterocycles. The van der Waals surface area contributed by atoms with E-state index in [2.05, 4.69) is 5.32 Å². The van der Waals surface area contributed by atoms with Gasteiger partial charge in [-0.2, -0.15) is 0 Å². The second kappa shape index (κ2) is 4.98. The minimum atomic E-state index is -0.431. The van der Waals surface area contributed by atoms with Crippen LogP contribution in [0.2, 0.25) is 5.02 Å². The van der Waals surface area contributed by atoms with E-state index >= 15 is 0 Å². The van der Waals surface area contributed by atoms with Crippen LogP contribution in [-0.4, -0.2) is 48.1 Å². The Morgan fingerprint density at radius 3 is 3.05 bits per heavy atom. The minimum absolute atomic E-state index is 0.0620. The van der Waals surface area contributed by atoms with Crippen molar-refractivity contribution < 1.29 is 9.18 Å². The Labute approximate surface area is 116 Å². The van der Waals surface area contributed by atoms with Crippen LogP contribution in [0.4, 0.5) is 9.18 Å². The van der Waals surface area contributed by atoms with Gasteiger partial charge in [0.15, 0.2) is 0 Å². The zero-order valence-corrected chi connectivity index (χ0v) is 11.2. The van der Waals surface area contributed by atoms with Gasteiger partial charge in [0, 0.05) is 32.7 Å². The Balaban J connectivity index is 1.73. The highest BCUT2D eigenvalue weighted by Gasteiger charge is 2.38. The van der Waals surface area contributed by atoms with E-state index in [4.69, 9.17) is 11.6 Å². The second-order valence-electron chi connectivity index (χ2n) is 4.96. The molecule has 0 aromatic heterocycles. The van der Waals surface area contributed by atoms with E-state index < -0.39 is 5.82 Å². The molecule has 4 nitrogen and oxygen atoms in total. The van der Waals surface area contributed by atoms with Crippen molar-refractivity contribution in [3.8, 4) is 0 Å². The number of nitrogens with zero attached hydrogens (tertiary/aromatic N) is 2. The Morgan fingerprint density at radius 2 is 2.32 bits per heavy atom. The number of amides is 2. The lowest BCUT2D eigenvalue weighted by Gasteiger charge is -2.28. The van der Waals surface area contributed by atoms with E-state index in [-0.39, 0.29) is 17.1 Å². The largest absolute Gasteiger partial charge is 0.320 e. The molecule has 102 valence electrons. The van der Waals surface area contributed by atoms with E-state index in [0.29, 0.717) is 13.1 Å². The number of carbonyl (C=O) groups is 1. The SMILES string of the molecule is O=C1N(Cc2ccc(F)c(Cl)c2)CC2CNCCN12. The number of urea groups is 1. The zero-order chi connectivity index (χ0) is 13.4. The van der Waals surface area contributed by atoms with Gasteiger partial charge in [-0.05, 0) is 17.7 Å². The number of fused-ring (bicyclic) bond motifs is 1. The van der Waals surface area contributed by atoms with Crippen LogP contribution in [0.25, 0.3) is 0 Å². The lowest BCUT2D eigenvalue weighted by atomic mass is 10.2. The molecule has 2 heterocycles. The molecule has 1 unspecified atom stereocenters. The molecule has 0 radical (unpaired) electrons. The molecule has 1 aromatic rings. The second-order valence-corrected chi connectivity index (χ2v) is 5.37. The minimum Gasteiger partial charge on any atom is -0.318 e. The number of piperazine rings is 1. The van der Waals surface area contributed by atoms with Gasteiger partial charge in [0.25, 0.3) is 0 Å². The summed E-state index contributed by atoms with van der Waals surface area (Å²) in [5, 5.41) is 3.39. The fraction of sp³-hybridized carbons (Fsp3) is 0.462. The van der Waals surface area contributed by atoms with E-state index in [1.54, 1.807) is 17.0 Å². The van der Waals surface area contributed by atoms with Gasteiger partial charge in [-0.3, -0.25) is 0 Å². The topological polar surface area (TPSA) is 35.6 Å². The van der Waals surface area contributed by atoms with E-state index in [1.807, 2.05) is 4.90 Å². The highest BCUT2D eigenvalue weighted by Crippen LogP contribution is 2.22. The smallest absolute Gasteiger partial charge is 0.318 e. The van der Waals surface area contributed by atoms with Crippen molar-refractivity contribution in [3.63, 3.8) is 0 Å². The van der Waals surface area contributed by atoms with Crippen LogP contribution in [0.1, 0.15) is 5.56 Å². The summed E-state index contributed by atoms with van der Waals surface area (Å²) < 4.78 is 13.1. The summed E-state index contributed by atoms with van der Waals surface area (Å²) in [7, 11) is 0. The summed E-state index contributed by atoms with van der Waals surface area (Å²) in [5.74, 6) is -0.431. The number of hydrogen-bond donors (Lipinski definition) is 1. The molecule has 0 aliphatic carbocycles. The first-order valence-electron chi connectivity index (χ1n) is 6.35. The predicted molar refractivity (Wildman–Crippen MR) is 70.6 cm³/mol. The van der Waals surface area contributed by atoms with E-state index in [9.17, 15) is 9.18 Å². The summed E-state index contributed by atoms with van der Waals surface area (Å²) in [4.78, 5) is 15.9. The molecular formula is C13H15ClFN3O. The van der Waals surface area contributed by atoms with Gasteiger partial charge in [-0.15, -0.1) is 0 Å². The number of halogens is 2. The van der Waals surface area contributed by atoms with Crippen LogP contribution in [0, 0.1) is 5.82 Å². The van der Waals surface area contributed by atoms with E-state index in [0.717, 1.165) is 25.2 Å². The quantitative estimate of drug-likeness (QED) is 0.896. The lowest BCUT2D eigenvalue weighted by Crippen LogP contribution is -2.49. The zero-order valence-electron chi connectivity index (χ0n) is 10.4. The normalized spacial score (nSPS) is 22.8. The van der Waals surface area contributed by atoms with Crippen LogP contribution in [0.3, 0.4) is 0 Å². The number of benzene rings is 1. The Morgan fingerprint density at radius 1 is 1.47 bits per heavy atom. The van der Waals surface area contributed by atoms with Crippen molar-refractivity contribution in [2.24, 2.45) is 0 Å². The Bertz CT molecular complexity index is 511. The maximum Gasteiger partial charge on any atom is 0.320 e. The van der Waals surface area contributed by atoms with E-state index in [1.165, 1.54) is 6.07 Å². The van der Waals surface area contributed by atoms with Gasteiger partial charge in [-0.25, -0.2) is 9.18 Å². The van der Waals surface area contributed by atoms with Crippen molar-refractivity contribution >= 4 is 17.6 Å². The summed E-state index contributed by atoms with van der Waals surface area (Å²) in [5.41, 5.74) is 0.854. The average molecular weight is 284 g/mol. The van der Waals surface area contributed by atoms with Gasteiger partial charge in [0.1, 0.15) is 5.82 Å². The fourth-order valence-corrected chi connectivity index (χ4v) is 2.88. The molecule has 0 bridgehead atoms. The first-order valence-corrected chi connectivity index (χ1v) is 6.73. The summed E-state index contributed by atoms with van der Waals surface area (Å²) >= 11 is 5.76. The molecular weight excluding hydrogens is 269 g/mol. The molecule has 1 aromatic carbocycles. The van der Waals surface area contributed by atoms with Crippen LogP contribution >= 0.6 is 11.6 Å². The maximum absolute atomic E-state index is 13.1. The van der Waals surface area contributed by atoms with Gasteiger partial charge < -0.3 is 15.1 Å². The first kappa shape index (κ1) is 12.7. The van der Waals surface area contributed by atoms with Crippen molar-refractivity contribution in [2.75, 3.05) is 26.2 Å². The molecule has 1 N–H and O–H groups in total. The molecule has 2 amide bonds. The number of nitrogens with one attached hydrogen (secondary N) is 1. The molecule has 19 heavy (non-hydrogen) atoms. The molecule has 1 atom stereocenters. The maximum atomic E-state index is 13.1. The van der Waals surface area contributed by atoms with Crippen LogP contribution in [0.15, 0.2) is 18.2 Å². The monoisotopic (exact) mass is 283 g/mol. The molecule has 3 rings (SSSR count).